The van der Waals surface area contributed by atoms with E-state index in [0.717, 1.165) is 35.6 Å². The maximum atomic E-state index is 6.26. The van der Waals surface area contributed by atoms with Crippen molar-refractivity contribution in [2.75, 3.05) is 13.7 Å². The predicted molar refractivity (Wildman–Crippen MR) is 84.1 cm³/mol. The third kappa shape index (κ3) is 4.34. The second kappa shape index (κ2) is 7.44. The Morgan fingerprint density at radius 1 is 1.10 bits per heavy atom. The van der Waals surface area contributed by atoms with Gasteiger partial charge in [-0.05, 0) is 41.7 Å². The second-order valence-corrected chi connectivity index (χ2v) is 5.36. The van der Waals surface area contributed by atoms with Crippen LogP contribution in [-0.4, -0.2) is 13.7 Å². The third-order valence-corrected chi connectivity index (χ3v) is 3.58. The van der Waals surface area contributed by atoms with Crippen LogP contribution in [0.1, 0.15) is 22.7 Å². The van der Waals surface area contributed by atoms with Crippen LogP contribution in [-0.2, 0) is 17.6 Å². The first-order valence-corrected chi connectivity index (χ1v) is 7.14. The van der Waals surface area contributed by atoms with Crippen molar-refractivity contribution in [2.45, 2.75) is 18.9 Å². The molecule has 1 atom stereocenters. The number of hydrogen-bond donors (Lipinski definition) is 1. The van der Waals surface area contributed by atoms with Crippen molar-refractivity contribution >= 4 is 11.6 Å². The third-order valence-electron chi connectivity index (χ3n) is 3.35. The summed E-state index contributed by atoms with van der Waals surface area (Å²) in [6.45, 7) is 0.744. The van der Waals surface area contributed by atoms with Gasteiger partial charge in [0.15, 0.2) is 0 Å². The van der Waals surface area contributed by atoms with Gasteiger partial charge in [-0.15, -0.1) is 0 Å². The molecule has 0 saturated heterocycles. The summed E-state index contributed by atoms with van der Waals surface area (Å²) >= 11 is 5.99. The number of hydrogen-bond acceptors (Lipinski definition) is 2. The van der Waals surface area contributed by atoms with Gasteiger partial charge in [0.1, 0.15) is 0 Å². The van der Waals surface area contributed by atoms with Crippen molar-refractivity contribution in [1.29, 1.82) is 0 Å². The van der Waals surface area contributed by atoms with E-state index in [1.54, 1.807) is 7.11 Å². The summed E-state index contributed by atoms with van der Waals surface area (Å²) in [6.07, 6.45) is 1.72. The number of ether oxygens (including phenoxy) is 1. The van der Waals surface area contributed by atoms with Gasteiger partial charge in [0.25, 0.3) is 0 Å². The molecular weight excluding hydrogens is 270 g/mol. The van der Waals surface area contributed by atoms with Gasteiger partial charge in [-0.3, -0.25) is 0 Å². The van der Waals surface area contributed by atoms with Crippen molar-refractivity contribution in [3.05, 3.63) is 70.2 Å². The largest absolute Gasteiger partial charge is 0.384 e. The topological polar surface area (TPSA) is 35.2 Å². The van der Waals surface area contributed by atoms with Gasteiger partial charge in [-0.1, -0.05) is 48.0 Å². The van der Waals surface area contributed by atoms with Crippen LogP contribution in [0.25, 0.3) is 0 Å². The van der Waals surface area contributed by atoms with Crippen LogP contribution in [0, 0.1) is 0 Å². The number of benzene rings is 2. The Morgan fingerprint density at radius 3 is 2.50 bits per heavy atom. The number of rotatable bonds is 6. The average Bonchev–Trinajstić information content (AvgIpc) is 2.45. The van der Waals surface area contributed by atoms with Crippen molar-refractivity contribution in [3.63, 3.8) is 0 Å². The molecule has 0 radical (unpaired) electrons. The van der Waals surface area contributed by atoms with E-state index in [1.165, 1.54) is 5.56 Å². The standard InChI is InChI=1S/C17H20ClNO/c1-20-10-9-13-5-7-15(8-6-13)17(19)12-14-3-2-4-16(18)11-14/h2-8,11,17H,9-10,12,19H2,1H3. The maximum absolute atomic E-state index is 6.26. The lowest BCUT2D eigenvalue weighted by Crippen LogP contribution is -2.13. The van der Waals surface area contributed by atoms with E-state index in [4.69, 9.17) is 22.1 Å². The monoisotopic (exact) mass is 289 g/mol. The van der Waals surface area contributed by atoms with Crippen LogP contribution in [0.4, 0.5) is 0 Å². The van der Waals surface area contributed by atoms with E-state index in [2.05, 4.69) is 30.3 Å². The molecule has 0 bridgehead atoms. The molecule has 2 N–H and O–H groups in total. The Morgan fingerprint density at radius 2 is 1.85 bits per heavy atom. The van der Waals surface area contributed by atoms with Crippen LogP contribution < -0.4 is 5.73 Å². The minimum Gasteiger partial charge on any atom is -0.384 e. The summed E-state index contributed by atoms with van der Waals surface area (Å²) in [5.41, 5.74) is 9.83. The van der Waals surface area contributed by atoms with Gasteiger partial charge < -0.3 is 10.5 Å². The molecule has 2 aromatic carbocycles. The highest BCUT2D eigenvalue weighted by atomic mass is 35.5. The van der Waals surface area contributed by atoms with Crippen molar-refractivity contribution in [3.8, 4) is 0 Å². The zero-order valence-electron chi connectivity index (χ0n) is 11.7. The maximum Gasteiger partial charge on any atom is 0.0502 e. The first-order valence-electron chi connectivity index (χ1n) is 6.77. The SMILES string of the molecule is COCCc1ccc(C(N)Cc2cccc(Cl)c2)cc1. The Bertz CT molecular complexity index is 539. The van der Waals surface area contributed by atoms with Gasteiger partial charge in [0.05, 0.1) is 6.61 Å². The van der Waals surface area contributed by atoms with Crippen LogP contribution >= 0.6 is 11.6 Å². The average molecular weight is 290 g/mol. The minimum atomic E-state index is -0.00931. The summed E-state index contributed by atoms with van der Waals surface area (Å²) in [4.78, 5) is 0. The molecule has 0 saturated carbocycles. The molecule has 0 aliphatic rings. The van der Waals surface area contributed by atoms with Gasteiger partial charge in [0, 0.05) is 18.2 Å². The lowest BCUT2D eigenvalue weighted by Gasteiger charge is -2.13. The Kier molecular flexibility index (Phi) is 5.60. The molecule has 0 aliphatic heterocycles. The molecular formula is C17H20ClNO. The minimum absolute atomic E-state index is 0.00931. The lowest BCUT2D eigenvalue weighted by atomic mass is 9.98. The highest BCUT2D eigenvalue weighted by molar-refractivity contribution is 6.30. The Hall–Kier alpha value is -1.35. The van der Waals surface area contributed by atoms with Gasteiger partial charge in [0.2, 0.25) is 0 Å². The molecule has 2 aromatic rings. The normalized spacial score (nSPS) is 12.3. The summed E-state index contributed by atoms with van der Waals surface area (Å²) in [6, 6.07) is 16.3. The van der Waals surface area contributed by atoms with Crippen LogP contribution in [0.2, 0.25) is 5.02 Å². The predicted octanol–water partition coefficient (Wildman–Crippen LogP) is 3.77. The van der Waals surface area contributed by atoms with Gasteiger partial charge >= 0.3 is 0 Å². The second-order valence-electron chi connectivity index (χ2n) is 4.92. The summed E-state index contributed by atoms with van der Waals surface area (Å²) in [5, 5.41) is 0.754. The van der Waals surface area contributed by atoms with E-state index >= 15 is 0 Å². The molecule has 2 nitrogen and oxygen atoms in total. The zero-order valence-corrected chi connectivity index (χ0v) is 12.4. The summed E-state index contributed by atoms with van der Waals surface area (Å²) in [7, 11) is 1.72. The van der Waals surface area contributed by atoms with Crippen molar-refractivity contribution in [2.24, 2.45) is 5.73 Å². The molecule has 0 aromatic heterocycles. The van der Waals surface area contributed by atoms with Gasteiger partial charge in [-0.2, -0.15) is 0 Å². The Balaban J connectivity index is 2.00. The molecule has 0 amide bonds. The molecule has 1 unspecified atom stereocenters. The highest BCUT2D eigenvalue weighted by Gasteiger charge is 2.07. The van der Waals surface area contributed by atoms with E-state index < -0.39 is 0 Å². The number of nitrogens with two attached hydrogens (primary N) is 1. The number of methoxy groups -OCH3 is 1. The molecule has 2 rings (SSSR count). The van der Waals surface area contributed by atoms with Crippen LogP contribution in [0.3, 0.4) is 0 Å². The van der Waals surface area contributed by atoms with E-state index in [0.29, 0.717) is 0 Å². The molecule has 20 heavy (non-hydrogen) atoms. The quantitative estimate of drug-likeness (QED) is 0.878. The van der Waals surface area contributed by atoms with Gasteiger partial charge in [-0.25, -0.2) is 0 Å². The van der Waals surface area contributed by atoms with Crippen molar-refractivity contribution < 1.29 is 4.74 Å². The smallest absolute Gasteiger partial charge is 0.0502 e. The van der Waals surface area contributed by atoms with Crippen LogP contribution in [0.5, 0.6) is 0 Å². The fourth-order valence-electron chi connectivity index (χ4n) is 2.19. The van der Waals surface area contributed by atoms with Crippen LogP contribution in [0.15, 0.2) is 48.5 Å². The molecule has 0 aliphatic carbocycles. The fraction of sp³-hybridized carbons (Fsp3) is 0.294. The first-order chi connectivity index (χ1) is 9.69. The van der Waals surface area contributed by atoms with E-state index in [-0.39, 0.29) is 6.04 Å². The molecule has 0 heterocycles. The number of halogens is 1. The van der Waals surface area contributed by atoms with E-state index in [9.17, 15) is 0 Å². The highest BCUT2D eigenvalue weighted by Crippen LogP contribution is 2.19. The molecule has 0 spiro atoms. The summed E-state index contributed by atoms with van der Waals surface area (Å²) in [5.74, 6) is 0. The molecule has 0 fully saturated rings. The molecule has 106 valence electrons. The zero-order chi connectivity index (χ0) is 14.4. The molecule has 3 heteroatoms. The lowest BCUT2D eigenvalue weighted by molar-refractivity contribution is 0.202. The summed E-state index contributed by atoms with van der Waals surface area (Å²) < 4.78 is 5.08. The van der Waals surface area contributed by atoms with E-state index in [1.807, 2.05) is 18.2 Å². The Labute approximate surface area is 125 Å². The van der Waals surface area contributed by atoms with Crippen molar-refractivity contribution in [1.82, 2.24) is 0 Å². The fourth-order valence-corrected chi connectivity index (χ4v) is 2.40. The first kappa shape index (κ1) is 15.0.